The largest absolute Gasteiger partial charge is 0.490 e. The van der Waals surface area contributed by atoms with Crippen LogP contribution < -0.4 is 24.3 Å². The van der Waals surface area contributed by atoms with Gasteiger partial charge in [0.1, 0.15) is 0 Å². The zero-order valence-corrected chi connectivity index (χ0v) is 13.7. The van der Waals surface area contributed by atoms with Gasteiger partial charge >= 0.3 is 0 Å². The molecule has 0 aromatic heterocycles. The molecule has 0 aliphatic carbocycles. The molecule has 0 saturated heterocycles. The number of amides is 1. The molecule has 0 fully saturated rings. The number of carbonyl (C=O) groups is 1. The Hall–Kier alpha value is -2.89. The molecule has 2 aliphatic heterocycles. The molecular formula is C19H19NO5. The lowest BCUT2D eigenvalue weighted by atomic mass is 10.1. The molecule has 0 bridgehead atoms. The Morgan fingerprint density at radius 2 is 1.48 bits per heavy atom. The van der Waals surface area contributed by atoms with E-state index in [4.69, 9.17) is 18.9 Å². The first-order valence-electron chi connectivity index (χ1n) is 8.32. The number of fused-ring (bicyclic) bond motifs is 2. The van der Waals surface area contributed by atoms with Crippen molar-refractivity contribution in [1.82, 2.24) is 5.32 Å². The van der Waals surface area contributed by atoms with Gasteiger partial charge in [0.25, 0.3) is 0 Å². The predicted octanol–water partition coefficient (Wildman–Crippen LogP) is 2.44. The van der Waals surface area contributed by atoms with E-state index in [0.717, 1.165) is 34.8 Å². The van der Waals surface area contributed by atoms with Gasteiger partial charge in [0.15, 0.2) is 23.0 Å². The van der Waals surface area contributed by atoms with Gasteiger partial charge in [-0.1, -0.05) is 12.1 Å². The van der Waals surface area contributed by atoms with Gasteiger partial charge in [-0.05, 0) is 35.4 Å². The van der Waals surface area contributed by atoms with Gasteiger partial charge in [-0.2, -0.15) is 0 Å². The molecule has 2 aromatic rings. The molecule has 2 aromatic carbocycles. The van der Waals surface area contributed by atoms with E-state index in [1.807, 2.05) is 36.4 Å². The summed E-state index contributed by atoms with van der Waals surface area (Å²) in [6.07, 6.45) is 1.15. The van der Waals surface area contributed by atoms with E-state index in [2.05, 4.69) is 5.32 Å². The second kappa shape index (κ2) is 6.93. The SMILES string of the molecule is O=C(Cc1ccc2c(c1)OCCCO2)NCc1ccc2c(c1)OCO2. The van der Waals surface area contributed by atoms with Gasteiger partial charge in [-0.15, -0.1) is 0 Å². The molecule has 2 heterocycles. The molecule has 6 nitrogen and oxygen atoms in total. The van der Waals surface area contributed by atoms with Crippen molar-refractivity contribution in [3.05, 3.63) is 47.5 Å². The zero-order chi connectivity index (χ0) is 17.1. The topological polar surface area (TPSA) is 66.0 Å². The predicted molar refractivity (Wildman–Crippen MR) is 90.2 cm³/mol. The Labute approximate surface area is 145 Å². The molecular weight excluding hydrogens is 322 g/mol. The maximum Gasteiger partial charge on any atom is 0.231 e. The summed E-state index contributed by atoms with van der Waals surface area (Å²) in [6, 6.07) is 11.3. The fraction of sp³-hybridized carbons (Fsp3) is 0.316. The van der Waals surface area contributed by atoms with E-state index in [9.17, 15) is 4.79 Å². The second-order valence-electron chi connectivity index (χ2n) is 5.97. The van der Waals surface area contributed by atoms with Crippen LogP contribution in [0.15, 0.2) is 36.4 Å². The third-order valence-corrected chi connectivity index (χ3v) is 4.10. The Morgan fingerprint density at radius 1 is 0.840 bits per heavy atom. The molecule has 130 valence electrons. The van der Waals surface area contributed by atoms with Crippen molar-refractivity contribution < 1.29 is 23.7 Å². The summed E-state index contributed by atoms with van der Waals surface area (Å²) in [7, 11) is 0. The molecule has 0 saturated carbocycles. The third-order valence-electron chi connectivity index (χ3n) is 4.10. The van der Waals surface area contributed by atoms with Crippen molar-refractivity contribution in [3.8, 4) is 23.0 Å². The molecule has 1 amide bonds. The van der Waals surface area contributed by atoms with Crippen LogP contribution in [-0.2, 0) is 17.8 Å². The van der Waals surface area contributed by atoms with Crippen molar-refractivity contribution >= 4 is 5.91 Å². The molecule has 0 atom stereocenters. The summed E-state index contributed by atoms with van der Waals surface area (Å²) >= 11 is 0. The molecule has 2 aliphatic rings. The molecule has 0 radical (unpaired) electrons. The average Bonchev–Trinajstić information content (AvgIpc) is 2.96. The number of hydrogen-bond acceptors (Lipinski definition) is 5. The van der Waals surface area contributed by atoms with E-state index in [1.165, 1.54) is 0 Å². The lowest BCUT2D eigenvalue weighted by molar-refractivity contribution is -0.120. The highest BCUT2D eigenvalue weighted by molar-refractivity contribution is 5.78. The van der Waals surface area contributed by atoms with Crippen LogP contribution in [0.25, 0.3) is 0 Å². The molecule has 1 N–H and O–H groups in total. The summed E-state index contributed by atoms with van der Waals surface area (Å²) in [4.78, 5) is 12.2. The minimum Gasteiger partial charge on any atom is -0.490 e. The lowest BCUT2D eigenvalue weighted by Gasteiger charge is -2.10. The fourth-order valence-corrected chi connectivity index (χ4v) is 2.82. The Kier molecular flexibility index (Phi) is 4.33. The number of hydrogen-bond donors (Lipinski definition) is 1. The van der Waals surface area contributed by atoms with Crippen LogP contribution in [0.1, 0.15) is 17.5 Å². The number of carbonyl (C=O) groups excluding carboxylic acids is 1. The number of ether oxygens (including phenoxy) is 4. The minimum atomic E-state index is -0.0489. The fourth-order valence-electron chi connectivity index (χ4n) is 2.82. The monoisotopic (exact) mass is 341 g/mol. The van der Waals surface area contributed by atoms with Crippen LogP contribution in [0.2, 0.25) is 0 Å². The number of rotatable bonds is 4. The van der Waals surface area contributed by atoms with Gasteiger partial charge in [0, 0.05) is 13.0 Å². The molecule has 0 spiro atoms. The Bertz CT molecular complexity index is 789. The first kappa shape index (κ1) is 15.6. The highest BCUT2D eigenvalue weighted by Gasteiger charge is 2.14. The quantitative estimate of drug-likeness (QED) is 0.925. The minimum absolute atomic E-state index is 0.0489. The number of benzene rings is 2. The Balaban J connectivity index is 1.35. The van der Waals surface area contributed by atoms with E-state index in [1.54, 1.807) is 0 Å². The van der Waals surface area contributed by atoms with Crippen molar-refractivity contribution in [2.75, 3.05) is 20.0 Å². The normalized spacial score (nSPS) is 14.7. The molecule has 6 heteroatoms. The summed E-state index contributed by atoms with van der Waals surface area (Å²) in [5, 5.41) is 2.92. The standard InChI is InChI=1S/C19H19NO5/c21-19(20-11-14-3-5-16-18(9-14)25-12-24-16)10-13-2-4-15-17(8-13)23-7-1-6-22-15/h2-5,8-9H,1,6-7,10-12H2,(H,20,21). The van der Waals surface area contributed by atoms with Gasteiger partial charge in [-0.25, -0.2) is 0 Å². The lowest BCUT2D eigenvalue weighted by Crippen LogP contribution is -2.24. The van der Waals surface area contributed by atoms with Crippen LogP contribution in [0.4, 0.5) is 0 Å². The maximum atomic E-state index is 12.2. The summed E-state index contributed by atoms with van der Waals surface area (Å²) in [6.45, 7) is 1.98. The van der Waals surface area contributed by atoms with Crippen LogP contribution in [0, 0.1) is 0 Å². The third kappa shape index (κ3) is 3.63. The highest BCUT2D eigenvalue weighted by atomic mass is 16.7. The maximum absolute atomic E-state index is 12.2. The summed E-state index contributed by atoms with van der Waals surface area (Å²) < 4.78 is 21.9. The van der Waals surface area contributed by atoms with E-state index >= 15 is 0 Å². The van der Waals surface area contributed by atoms with E-state index in [0.29, 0.717) is 31.9 Å². The van der Waals surface area contributed by atoms with Crippen LogP contribution in [-0.4, -0.2) is 25.9 Å². The van der Waals surface area contributed by atoms with Gasteiger partial charge in [-0.3, -0.25) is 4.79 Å². The smallest absolute Gasteiger partial charge is 0.231 e. The van der Waals surface area contributed by atoms with Crippen LogP contribution in [0.3, 0.4) is 0 Å². The van der Waals surface area contributed by atoms with Gasteiger partial charge < -0.3 is 24.3 Å². The van der Waals surface area contributed by atoms with E-state index in [-0.39, 0.29) is 12.7 Å². The average molecular weight is 341 g/mol. The summed E-state index contributed by atoms with van der Waals surface area (Å²) in [5.41, 5.74) is 1.86. The number of nitrogens with one attached hydrogen (secondary N) is 1. The van der Waals surface area contributed by atoms with Crippen molar-refractivity contribution in [2.45, 2.75) is 19.4 Å². The van der Waals surface area contributed by atoms with Crippen LogP contribution >= 0.6 is 0 Å². The van der Waals surface area contributed by atoms with Crippen molar-refractivity contribution in [1.29, 1.82) is 0 Å². The van der Waals surface area contributed by atoms with Gasteiger partial charge in [0.05, 0.1) is 19.6 Å². The Morgan fingerprint density at radius 3 is 2.36 bits per heavy atom. The molecule has 0 unspecified atom stereocenters. The van der Waals surface area contributed by atoms with Crippen LogP contribution in [0.5, 0.6) is 23.0 Å². The molecule has 25 heavy (non-hydrogen) atoms. The summed E-state index contributed by atoms with van der Waals surface area (Å²) in [5.74, 6) is 2.85. The van der Waals surface area contributed by atoms with Crippen molar-refractivity contribution in [2.24, 2.45) is 0 Å². The second-order valence-corrected chi connectivity index (χ2v) is 5.97. The van der Waals surface area contributed by atoms with E-state index < -0.39 is 0 Å². The molecule has 4 rings (SSSR count). The van der Waals surface area contributed by atoms with Crippen molar-refractivity contribution in [3.63, 3.8) is 0 Å². The highest BCUT2D eigenvalue weighted by Crippen LogP contribution is 2.32. The van der Waals surface area contributed by atoms with Gasteiger partial charge in [0.2, 0.25) is 12.7 Å². The first-order chi connectivity index (χ1) is 12.3. The zero-order valence-electron chi connectivity index (χ0n) is 13.7. The first-order valence-corrected chi connectivity index (χ1v) is 8.32.